The first-order valence-electron chi connectivity index (χ1n) is 6.90. The Labute approximate surface area is 110 Å². The van der Waals surface area contributed by atoms with E-state index in [1.807, 2.05) is 0 Å². The van der Waals surface area contributed by atoms with E-state index in [2.05, 4.69) is 36.1 Å². The fourth-order valence-corrected chi connectivity index (χ4v) is 2.16. The van der Waals surface area contributed by atoms with Gasteiger partial charge in [0.05, 0.1) is 13.2 Å². The van der Waals surface area contributed by atoms with Gasteiger partial charge in [0.25, 0.3) is 0 Å². The number of hydrogen-bond donors (Lipinski definition) is 0. The monoisotopic (exact) mass is 249 g/mol. The van der Waals surface area contributed by atoms with E-state index >= 15 is 0 Å². The first kappa shape index (κ1) is 13.4. The van der Waals surface area contributed by atoms with Gasteiger partial charge in [0.2, 0.25) is 0 Å². The zero-order valence-electron chi connectivity index (χ0n) is 11.2. The average Bonchev–Trinajstić information content (AvgIpc) is 2.42. The van der Waals surface area contributed by atoms with Crippen molar-refractivity contribution in [3.8, 4) is 5.75 Å². The predicted molar refractivity (Wildman–Crippen MR) is 73.2 cm³/mol. The molecule has 3 heteroatoms. The van der Waals surface area contributed by atoms with Crippen LogP contribution in [0.4, 0.5) is 0 Å². The van der Waals surface area contributed by atoms with Gasteiger partial charge in [0.15, 0.2) is 0 Å². The normalized spacial score (nSPS) is 16.7. The minimum atomic E-state index is 0.757. The summed E-state index contributed by atoms with van der Waals surface area (Å²) in [7, 11) is 0. The molecule has 1 aliphatic heterocycles. The number of rotatable bonds is 6. The molecule has 1 fully saturated rings. The number of ether oxygens (including phenoxy) is 2. The molecule has 0 N–H and O–H groups in total. The standard InChI is InChI=1S/C15H23NO2/c1-2-3-14-4-6-15(7-5-14)18-13-10-16-8-11-17-12-9-16/h4-7H,2-3,8-13H2,1H3. The van der Waals surface area contributed by atoms with Gasteiger partial charge >= 0.3 is 0 Å². The van der Waals surface area contributed by atoms with Crippen LogP contribution in [0.1, 0.15) is 18.9 Å². The molecule has 0 spiro atoms. The van der Waals surface area contributed by atoms with E-state index in [1.165, 1.54) is 12.0 Å². The second-order valence-electron chi connectivity index (χ2n) is 4.70. The molecular weight excluding hydrogens is 226 g/mol. The molecule has 2 rings (SSSR count). The van der Waals surface area contributed by atoms with E-state index in [-0.39, 0.29) is 0 Å². The van der Waals surface area contributed by atoms with Crippen molar-refractivity contribution < 1.29 is 9.47 Å². The highest BCUT2D eigenvalue weighted by molar-refractivity contribution is 5.27. The first-order chi connectivity index (χ1) is 8.88. The summed E-state index contributed by atoms with van der Waals surface area (Å²) in [5.41, 5.74) is 1.39. The van der Waals surface area contributed by atoms with E-state index < -0.39 is 0 Å². The number of hydrogen-bond acceptors (Lipinski definition) is 3. The molecule has 1 heterocycles. The van der Waals surface area contributed by atoms with Gasteiger partial charge in [-0.1, -0.05) is 25.5 Å². The van der Waals surface area contributed by atoms with E-state index in [1.54, 1.807) is 0 Å². The van der Waals surface area contributed by atoms with Crippen molar-refractivity contribution in [2.24, 2.45) is 0 Å². The highest BCUT2D eigenvalue weighted by Crippen LogP contribution is 2.13. The minimum Gasteiger partial charge on any atom is -0.492 e. The molecular formula is C15H23NO2. The van der Waals surface area contributed by atoms with Crippen LogP contribution in [-0.2, 0) is 11.2 Å². The maximum absolute atomic E-state index is 5.76. The molecule has 0 unspecified atom stereocenters. The SMILES string of the molecule is CCCc1ccc(OCCN2CCOCC2)cc1. The Balaban J connectivity index is 1.69. The predicted octanol–water partition coefficient (Wildman–Crippen LogP) is 2.35. The molecule has 1 aromatic rings. The average molecular weight is 249 g/mol. The van der Waals surface area contributed by atoms with Crippen LogP contribution in [-0.4, -0.2) is 44.4 Å². The molecule has 0 aromatic heterocycles. The van der Waals surface area contributed by atoms with Gasteiger partial charge in [-0.3, -0.25) is 4.90 Å². The number of morpholine rings is 1. The lowest BCUT2D eigenvalue weighted by Gasteiger charge is -2.26. The maximum Gasteiger partial charge on any atom is 0.119 e. The fourth-order valence-electron chi connectivity index (χ4n) is 2.16. The van der Waals surface area contributed by atoms with E-state index in [4.69, 9.17) is 9.47 Å². The first-order valence-corrected chi connectivity index (χ1v) is 6.90. The van der Waals surface area contributed by atoms with Crippen molar-refractivity contribution in [1.82, 2.24) is 4.90 Å². The Morgan fingerprint density at radius 3 is 2.56 bits per heavy atom. The van der Waals surface area contributed by atoms with Crippen molar-refractivity contribution in [1.29, 1.82) is 0 Å². The lowest BCUT2D eigenvalue weighted by atomic mass is 10.1. The lowest BCUT2D eigenvalue weighted by molar-refractivity contribution is 0.0322. The highest BCUT2D eigenvalue weighted by Gasteiger charge is 2.09. The molecule has 1 saturated heterocycles. The Bertz CT molecular complexity index is 331. The summed E-state index contributed by atoms with van der Waals surface area (Å²) in [5.74, 6) is 0.975. The van der Waals surface area contributed by atoms with Crippen LogP contribution in [0.3, 0.4) is 0 Å². The second kappa shape index (κ2) is 7.39. The summed E-state index contributed by atoms with van der Waals surface area (Å²) < 4.78 is 11.1. The van der Waals surface area contributed by atoms with E-state index in [9.17, 15) is 0 Å². The number of benzene rings is 1. The molecule has 0 bridgehead atoms. The highest BCUT2D eigenvalue weighted by atomic mass is 16.5. The summed E-state index contributed by atoms with van der Waals surface area (Å²) >= 11 is 0. The van der Waals surface area contributed by atoms with Crippen molar-refractivity contribution in [2.45, 2.75) is 19.8 Å². The van der Waals surface area contributed by atoms with Crippen molar-refractivity contribution >= 4 is 0 Å². The zero-order valence-corrected chi connectivity index (χ0v) is 11.2. The molecule has 18 heavy (non-hydrogen) atoms. The zero-order chi connectivity index (χ0) is 12.6. The van der Waals surface area contributed by atoms with Gasteiger partial charge in [-0.15, -0.1) is 0 Å². The Kier molecular flexibility index (Phi) is 5.49. The third-order valence-electron chi connectivity index (χ3n) is 3.24. The summed E-state index contributed by atoms with van der Waals surface area (Å²) in [4.78, 5) is 2.38. The molecule has 0 amide bonds. The second-order valence-corrected chi connectivity index (χ2v) is 4.70. The van der Waals surface area contributed by atoms with Crippen molar-refractivity contribution in [2.75, 3.05) is 39.5 Å². The van der Waals surface area contributed by atoms with Gasteiger partial charge < -0.3 is 9.47 Å². The number of aryl methyl sites for hydroxylation is 1. The third-order valence-corrected chi connectivity index (χ3v) is 3.24. The molecule has 0 aliphatic carbocycles. The molecule has 0 saturated carbocycles. The summed E-state index contributed by atoms with van der Waals surface area (Å²) in [6, 6.07) is 8.47. The summed E-state index contributed by atoms with van der Waals surface area (Å²) in [5, 5.41) is 0. The van der Waals surface area contributed by atoms with Crippen LogP contribution in [0.2, 0.25) is 0 Å². The molecule has 1 aromatic carbocycles. The lowest BCUT2D eigenvalue weighted by Crippen LogP contribution is -2.38. The van der Waals surface area contributed by atoms with Crippen LogP contribution >= 0.6 is 0 Å². The largest absolute Gasteiger partial charge is 0.492 e. The van der Waals surface area contributed by atoms with Crippen molar-refractivity contribution in [3.63, 3.8) is 0 Å². The van der Waals surface area contributed by atoms with Gasteiger partial charge in [-0.2, -0.15) is 0 Å². The van der Waals surface area contributed by atoms with E-state index in [0.717, 1.165) is 51.6 Å². The van der Waals surface area contributed by atoms with Crippen LogP contribution in [0, 0.1) is 0 Å². The van der Waals surface area contributed by atoms with Gasteiger partial charge in [-0.25, -0.2) is 0 Å². The van der Waals surface area contributed by atoms with Gasteiger partial charge in [0.1, 0.15) is 12.4 Å². The molecule has 3 nitrogen and oxygen atoms in total. The molecule has 100 valence electrons. The molecule has 0 atom stereocenters. The van der Waals surface area contributed by atoms with Crippen LogP contribution < -0.4 is 4.74 Å². The Morgan fingerprint density at radius 2 is 1.89 bits per heavy atom. The molecule has 1 aliphatic rings. The number of nitrogens with zero attached hydrogens (tertiary/aromatic N) is 1. The van der Waals surface area contributed by atoms with Crippen LogP contribution in [0.25, 0.3) is 0 Å². The fraction of sp³-hybridized carbons (Fsp3) is 0.600. The third kappa shape index (κ3) is 4.31. The smallest absolute Gasteiger partial charge is 0.119 e. The van der Waals surface area contributed by atoms with Crippen LogP contribution in [0.15, 0.2) is 24.3 Å². The molecule has 0 radical (unpaired) electrons. The Morgan fingerprint density at radius 1 is 1.17 bits per heavy atom. The summed E-state index contributed by atoms with van der Waals surface area (Å²) in [6.45, 7) is 7.70. The van der Waals surface area contributed by atoms with Crippen LogP contribution in [0.5, 0.6) is 5.75 Å². The van der Waals surface area contributed by atoms with Gasteiger partial charge in [0, 0.05) is 19.6 Å². The summed E-state index contributed by atoms with van der Waals surface area (Å²) in [6.07, 6.45) is 2.34. The van der Waals surface area contributed by atoms with E-state index in [0.29, 0.717) is 0 Å². The quantitative estimate of drug-likeness (QED) is 0.772. The Hall–Kier alpha value is -1.06. The van der Waals surface area contributed by atoms with Gasteiger partial charge in [-0.05, 0) is 24.1 Å². The van der Waals surface area contributed by atoms with Crippen molar-refractivity contribution in [3.05, 3.63) is 29.8 Å². The minimum absolute atomic E-state index is 0.757. The topological polar surface area (TPSA) is 21.7 Å². The maximum atomic E-state index is 5.76.